The quantitative estimate of drug-likeness (QED) is 0.834. The van der Waals surface area contributed by atoms with Crippen molar-refractivity contribution < 1.29 is 9.90 Å². The number of hydrogen-bond donors (Lipinski definition) is 2. The SMILES string of the molecule is O=C(c1cc(-c2ccccc2)n[nH]1)N1C[C@@H](CN2CCCCCC2)[C@@H](CO)C1. The molecule has 1 aromatic heterocycles. The van der Waals surface area contributed by atoms with Crippen molar-refractivity contribution >= 4 is 5.91 Å². The summed E-state index contributed by atoms with van der Waals surface area (Å²) < 4.78 is 0. The van der Waals surface area contributed by atoms with Gasteiger partial charge in [-0.3, -0.25) is 9.89 Å². The van der Waals surface area contributed by atoms with E-state index in [-0.39, 0.29) is 18.4 Å². The minimum atomic E-state index is -0.0218. The van der Waals surface area contributed by atoms with E-state index in [1.165, 1.54) is 25.7 Å². The largest absolute Gasteiger partial charge is 0.396 e. The zero-order valence-corrected chi connectivity index (χ0v) is 16.4. The Morgan fingerprint density at radius 2 is 1.79 bits per heavy atom. The van der Waals surface area contributed by atoms with Crippen LogP contribution in [0.5, 0.6) is 0 Å². The van der Waals surface area contributed by atoms with Crippen molar-refractivity contribution in [1.29, 1.82) is 0 Å². The van der Waals surface area contributed by atoms with E-state index in [0.29, 0.717) is 24.7 Å². The number of hydrogen-bond acceptors (Lipinski definition) is 4. The number of nitrogens with zero attached hydrogens (tertiary/aromatic N) is 3. The third-order valence-electron chi connectivity index (χ3n) is 6.17. The molecule has 0 bridgehead atoms. The van der Waals surface area contributed by atoms with Crippen molar-refractivity contribution in [3.8, 4) is 11.3 Å². The van der Waals surface area contributed by atoms with Gasteiger partial charge in [-0.2, -0.15) is 5.10 Å². The second kappa shape index (κ2) is 8.88. The first-order valence-corrected chi connectivity index (χ1v) is 10.5. The Kier molecular flexibility index (Phi) is 6.07. The highest BCUT2D eigenvalue weighted by atomic mass is 16.3. The second-order valence-corrected chi connectivity index (χ2v) is 8.16. The number of rotatable bonds is 5. The van der Waals surface area contributed by atoms with E-state index in [0.717, 1.165) is 30.9 Å². The summed E-state index contributed by atoms with van der Waals surface area (Å²) in [6.07, 6.45) is 5.16. The number of carbonyl (C=O) groups is 1. The molecule has 2 fully saturated rings. The van der Waals surface area contributed by atoms with Gasteiger partial charge in [-0.25, -0.2) is 0 Å². The van der Waals surface area contributed by atoms with E-state index in [1.54, 1.807) is 0 Å². The number of aromatic nitrogens is 2. The molecule has 1 amide bonds. The molecule has 3 heterocycles. The number of likely N-dealkylation sites (tertiary alicyclic amines) is 2. The van der Waals surface area contributed by atoms with Gasteiger partial charge < -0.3 is 14.9 Å². The molecule has 0 saturated carbocycles. The molecule has 1 aromatic carbocycles. The maximum Gasteiger partial charge on any atom is 0.271 e. The van der Waals surface area contributed by atoms with Crippen LogP contribution in [0.4, 0.5) is 0 Å². The van der Waals surface area contributed by atoms with Crippen LogP contribution in [0, 0.1) is 11.8 Å². The number of carbonyl (C=O) groups excluding carboxylic acids is 1. The van der Waals surface area contributed by atoms with E-state index in [1.807, 2.05) is 41.3 Å². The molecule has 2 aliphatic heterocycles. The van der Waals surface area contributed by atoms with E-state index in [4.69, 9.17) is 0 Å². The molecule has 2 N–H and O–H groups in total. The maximum absolute atomic E-state index is 13.0. The lowest BCUT2D eigenvalue weighted by Crippen LogP contribution is -2.35. The van der Waals surface area contributed by atoms with Crippen LogP contribution in [0.2, 0.25) is 0 Å². The van der Waals surface area contributed by atoms with Crippen LogP contribution < -0.4 is 0 Å². The lowest BCUT2D eigenvalue weighted by molar-refractivity contribution is 0.0773. The first-order valence-electron chi connectivity index (χ1n) is 10.5. The van der Waals surface area contributed by atoms with Crippen molar-refractivity contribution in [3.05, 3.63) is 42.1 Å². The molecule has 0 radical (unpaired) electrons. The fraction of sp³-hybridized carbons (Fsp3) is 0.545. The fourth-order valence-corrected chi connectivity index (χ4v) is 4.53. The van der Waals surface area contributed by atoms with Gasteiger partial charge in [-0.1, -0.05) is 43.2 Å². The van der Waals surface area contributed by atoms with Gasteiger partial charge in [0.1, 0.15) is 5.69 Å². The van der Waals surface area contributed by atoms with Crippen LogP contribution >= 0.6 is 0 Å². The third-order valence-corrected chi connectivity index (χ3v) is 6.17. The van der Waals surface area contributed by atoms with Crippen molar-refractivity contribution in [2.45, 2.75) is 25.7 Å². The summed E-state index contributed by atoms with van der Waals surface area (Å²) in [4.78, 5) is 17.4. The molecule has 2 atom stereocenters. The van der Waals surface area contributed by atoms with Gasteiger partial charge in [0.2, 0.25) is 0 Å². The molecule has 28 heavy (non-hydrogen) atoms. The second-order valence-electron chi connectivity index (χ2n) is 8.16. The summed E-state index contributed by atoms with van der Waals surface area (Å²) in [5.74, 6) is 0.471. The van der Waals surface area contributed by atoms with Crippen molar-refractivity contribution in [1.82, 2.24) is 20.0 Å². The molecule has 2 aliphatic rings. The van der Waals surface area contributed by atoms with Crippen LogP contribution in [0.3, 0.4) is 0 Å². The van der Waals surface area contributed by atoms with Gasteiger partial charge in [0.15, 0.2) is 0 Å². The normalized spacial score (nSPS) is 23.7. The zero-order chi connectivity index (χ0) is 19.3. The Labute approximate surface area is 166 Å². The summed E-state index contributed by atoms with van der Waals surface area (Å²) in [5.41, 5.74) is 2.29. The molecule has 0 spiro atoms. The molecule has 150 valence electrons. The molecule has 4 rings (SSSR count). The Morgan fingerprint density at radius 3 is 2.50 bits per heavy atom. The van der Waals surface area contributed by atoms with Crippen molar-refractivity contribution in [2.24, 2.45) is 11.8 Å². The van der Waals surface area contributed by atoms with Gasteiger partial charge >= 0.3 is 0 Å². The van der Waals surface area contributed by atoms with Gasteiger partial charge in [0.05, 0.1) is 5.69 Å². The molecule has 6 nitrogen and oxygen atoms in total. The fourth-order valence-electron chi connectivity index (χ4n) is 4.53. The number of aliphatic hydroxyl groups is 1. The van der Waals surface area contributed by atoms with Crippen LogP contribution in [0.15, 0.2) is 36.4 Å². The van der Waals surface area contributed by atoms with Gasteiger partial charge in [-0.05, 0) is 37.9 Å². The molecular weight excluding hydrogens is 352 g/mol. The predicted octanol–water partition coefficient (Wildman–Crippen LogP) is 2.63. The van der Waals surface area contributed by atoms with Crippen molar-refractivity contribution in [3.63, 3.8) is 0 Å². The molecule has 6 heteroatoms. The number of nitrogens with one attached hydrogen (secondary N) is 1. The predicted molar refractivity (Wildman–Crippen MR) is 109 cm³/mol. The minimum Gasteiger partial charge on any atom is -0.396 e. The van der Waals surface area contributed by atoms with Gasteiger partial charge in [0, 0.05) is 37.7 Å². The molecule has 2 saturated heterocycles. The van der Waals surface area contributed by atoms with Crippen LogP contribution in [-0.4, -0.2) is 70.3 Å². The highest BCUT2D eigenvalue weighted by Crippen LogP contribution is 2.27. The van der Waals surface area contributed by atoms with E-state index >= 15 is 0 Å². The Balaban J connectivity index is 1.41. The zero-order valence-electron chi connectivity index (χ0n) is 16.4. The number of aromatic amines is 1. The average molecular weight is 383 g/mol. The van der Waals surface area contributed by atoms with Crippen LogP contribution in [-0.2, 0) is 0 Å². The number of amides is 1. The number of benzene rings is 1. The molecule has 0 unspecified atom stereocenters. The Bertz CT molecular complexity index is 768. The number of H-pyrrole nitrogens is 1. The minimum absolute atomic E-state index is 0.0218. The monoisotopic (exact) mass is 382 g/mol. The Morgan fingerprint density at radius 1 is 1.07 bits per heavy atom. The molecule has 0 aliphatic carbocycles. The number of aliphatic hydroxyl groups excluding tert-OH is 1. The highest BCUT2D eigenvalue weighted by molar-refractivity contribution is 5.93. The summed E-state index contributed by atoms with van der Waals surface area (Å²) in [6.45, 7) is 4.73. The van der Waals surface area contributed by atoms with E-state index < -0.39 is 0 Å². The Hall–Kier alpha value is -2.18. The summed E-state index contributed by atoms with van der Waals surface area (Å²) >= 11 is 0. The lowest BCUT2D eigenvalue weighted by atomic mass is 9.96. The van der Waals surface area contributed by atoms with Crippen LogP contribution in [0.1, 0.15) is 36.2 Å². The summed E-state index contributed by atoms with van der Waals surface area (Å²) in [5, 5.41) is 17.1. The van der Waals surface area contributed by atoms with E-state index in [2.05, 4.69) is 15.1 Å². The summed E-state index contributed by atoms with van der Waals surface area (Å²) in [7, 11) is 0. The smallest absolute Gasteiger partial charge is 0.271 e. The summed E-state index contributed by atoms with van der Waals surface area (Å²) in [6, 6.07) is 11.7. The maximum atomic E-state index is 13.0. The third kappa shape index (κ3) is 4.28. The standard InChI is InChI=1S/C22H30N4O2/c27-16-19-15-26(14-18(19)13-25-10-6-1-2-7-11-25)22(28)21-12-20(23-24-21)17-8-4-3-5-9-17/h3-5,8-9,12,18-19,27H,1-2,6-7,10-11,13-16H2,(H,23,24)/t18-,19-/m1/s1. The van der Waals surface area contributed by atoms with Gasteiger partial charge in [0.25, 0.3) is 5.91 Å². The van der Waals surface area contributed by atoms with Crippen molar-refractivity contribution in [2.75, 3.05) is 39.3 Å². The topological polar surface area (TPSA) is 72.5 Å². The average Bonchev–Trinajstić information content (AvgIpc) is 3.30. The highest BCUT2D eigenvalue weighted by Gasteiger charge is 2.36. The molecular formula is C22H30N4O2. The first kappa shape index (κ1) is 19.2. The lowest BCUT2D eigenvalue weighted by Gasteiger charge is -2.26. The van der Waals surface area contributed by atoms with E-state index in [9.17, 15) is 9.90 Å². The molecule has 2 aromatic rings. The first-order chi connectivity index (χ1) is 13.7. The van der Waals surface area contributed by atoms with Crippen LogP contribution in [0.25, 0.3) is 11.3 Å². The van der Waals surface area contributed by atoms with Gasteiger partial charge in [-0.15, -0.1) is 0 Å².